The maximum absolute atomic E-state index is 11.0. The number of aromatic nitrogens is 2. The molecule has 0 radical (unpaired) electrons. The third-order valence-electron chi connectivity index (χ3n) is 2.52. The van der Waals surface area contributed by atoms with Gasteiger partial charge in [0.25, 0.3) is 0 Å². The predicted octanol–water partition coefficient (Wildman–Crippen LogP) is 3.29. The molecule has 0 N–H and O–H groups in total. The van der Waals surface area contributed by atoms with Crippen molar-refractivity contribution < 1.29 is 14.4 Å². The Morgan fingerprint density at radius 1 is 1.33 bits per heavy atom. The molecule has 0 bridgehead atoms. The number of rotatable bonds is 5. The molecule has 0 aliphatic carbocycles. The Morgan fingerprint density at radius 2 is 2.10 bits per heavy atom. The minimum absolute atomic E-state index is 0.0868. The van der Waals surface area contributed by atoms with E-state index in [9.17, 15) is 10.1 Å². The van der Waals surface area contributed by atoms with E-state index >= 15 is 0 Å². The van der Waals surface area contributed by atoms with Crippen LogP contribution in [-0.2, 0) is 11.3 Å². The van der Waals surface area contributed by atoms with E-state index in [2.05, 4.69) is 9.97 Å². The molecule has 0 fully saturated rings. The first kappa shape index (κ1) is 15.1. The van der Waals surface area contributed by atoms with E-state index in [1.165, 1.54) is 25.3 Å². The van der Waals surface area contributed by atoms with Crippen LogP contribution in [0, 0.1) is 17.0 Å². The molecule has 7 nitrogen and oxygen atoms in total. The monoisotopic (exact) mass is 309 g/mol. The minimum atomic E-state index is -0.513. The van der Waals surface area contributed by atoms with E-state index in [0.717, 1.165) is 5.56 Å². The number of nitrogens with zero attached hydrogens (tertiary/aromatic N) is 3. The molecule has 0 spiro atoms. The van der Waals surface area contributed by atoms with Crippen LogP contribution in [0.2, 0.25) is 5.15 Å². The summed E-state index contributed by atoms with van der Waals surface area (Å²) in [6, 6.07) is 6.03. The van der Waals surface area contributed by atoms with Crippen molar-refractivity contribution in [1.82, 2.24) is 9.97 Å². The summed E-state index contributed by atoms with van der Waals surface area (Å²) >= 11 is 5.86. The Kier molecular flexibility index (Phi) is 4.66. The van der Waals surface area contributed by atoms with Crippen molar-refractivity contribution in [2.45, 2.75) is 13.5 Å². The van der Waals surface area contributed by atoms with Gasteiger partial charge in [-0.1, -0.05) is 17.7 Å². The number of hydrogen-bond donors (Lipinski definition) is 0. The molecule has 2 rings (SSSR count). The fraction of sp³-hybridized carbons (Fsp3) is 0.231. The number of nitro groups is 1. The molecule has 0 unspecified atom stereocenters. The maximum atomic E-state index is 11.0. The van der Waals surface area contributed by atoms with Crippen LogP contribution in [0.1, 0.15) is 11.4 Å². The second kappa shape index (κ2) is 6.47. The molecule has 0 aliphatic heterocycles. The average molecular weight is 310 g/mol. The number of hydrogen-bond acceptors (Lipinski definition) is 6. The number of methoxy groups -OCH3 is 1. The smallest absolute Gasteiger partial charge is 0.311 e. The number of aryl methyl sites for hydroxylation is 1. The second-order valence-corrected chi connectivity index (χ2v) is 4.60. The van der Waals surface area contributed by atoms with Gasteiger partial charge in [0, 0.05) is 19.2 Å². The van der Waals surface area contributed by atoms with E-state index < -0.39 is 4.92 Å². The van der Waals surface area contributed by atoms with Gasteiger partial charge in [0.1, 0.15) is 11.8 Å². The lowest BCUT2D eigenvalue weighted by Crippen LogP contribution is -2.00. The van der Waals surface area contributed by atoms with Crippen molar-refractivity contribution in [3.05, 3.63) is 50.9 Å². The van der Waals surface area contributed by atoms with Gasteiger partial charge in [0.05, 0.1) is 4.92 Å². The molecule has 0 saturated heterocycles. The third kappa shape index (κ3) is 3.87. The molecule has 8 heteroatoms. The molecule has 2 aromatic rings. The number of halogens is 1. The molecule has 0 aliphatic rings. The Hall–Kier alpha value is -2.25. The minimum Gasteiger partial charge on any atom is -0.432 e. The highest BCUT2D eigenvalue weighted by molar-refractivity contribution is 6.29. The van der Waals surface area contributed by atoms with Crippen LogP contribution in [0.4, 0.5) is 5.69 Å². The van der Waals surface area contributed by atoms with Crippen molar-refractivity contribution in [2.24, 2.45) is 0 Å². The van der Waals surface area contributed by atoms with Gasteiger partial charge in [0.15, 0.2) is 5.82 Å². The standard InChI is InChI=1S/C13H12ClN3O4/c1-8-3-4-10(9(5-8)17(18)19)21-13-6-11(14)15-12(16-13)7-20-2/h3-6H,7H2,1-2H3. The first-order valence-electron chi connectivity index (χ1n) is 5.95. The Labute approximate surface area is 125 Å². The normalized spacial score (nSPS) is 10.4. The highest BCUT2D eigenvalue weighted by Gasteiger charge is 2.17. The second-order valence-electron chi connectivity index (χ2n) is 4.21. The molecule has 1 heterocycles. The largest absolute Gasteiger partial charge is 0.432 e. The van der Waals surface area contributed by atoms with E-state index in [4.69, 9.17) is 21.1 Å². The van der Waals surface area contributed by atoms with E-state index in [0.29, 0.717) is 5.82 Å². The quantitative estimate of drug-likeness (QED) is 0.478. The summed E-state index contributed by atoms with van der Waals surface area (Å²) in [5.74, 6) is 0.535. The van der Waals surface area contributed by atoms with Gasteiger partial charge >= 0.3 is 5.69 Å². The molecule has 0 atom stereocenters. The van der Waals surface area contributed by atoms with Gasteiger partial charge in [-0.05, 0) is 18.6 Å². The zero-order chi connectivity index (χ0) is 15.4. The van der Waals surface area contributed by atoms with Crippen molar-refractivity contribution in [3.63, 3.8) is 0 Å². The summed E-state index contributed by atoms with van der Waals surface area (Å²) in [7, 11) is 1.50. The van der Waals surface area contributed by atoms with Crippen LogP contribution in [0.3, 0.4) is 0 Å². The highest BCUT2D eigenvalue weighted by Crippen LogP contribution is 2.31. The van der Waals surface area contributed by atoms with E-state index in [1.54, 1.807) is 13.0 Å². The number of benzene rings is 1. The van der Waals surface area contributed by atoms with Crippen LogP contribution in [0.5, 0.6) is 11.6 Å². The Balaban J connectivity index is 2.36. The van der Waals surface area contributed by atoms with Gasteiger partial charge < -0.3 is 9.47 Å². The van der Waals surface area contributed by atoms with Crippen LogP contribution < -0.4 is 4.74 Å². The SMILES string of the molecule is COCc1nc(Cl)cc(Oc2ccc(C)cc2[N+](=O)[O-])n1. The summed E-state index contributed by atoms with van der Waals surface area (Å²) in [6.07, 6.45) is 0. The summed E-state index contributed by atoms with van der Waals surface area (Å²) < 4.78 is 10.4. The number of ether oxygens (including phenoxy) is 2. The van der Waals surface area contributed by atoms with Gasteiger partial charge in [-0.2, -0.15) is 4.98 Å². The fourth-order valence-electron chi connectivity index (χ4n) is 1.66. The Bertz CT molecular complexity index is 678. The van der Waals surface area contributed by atoms with Crippen molar-refractivity contribution >= 4 is 17.3 Å². The zero-order valence-corrected chi connectivity index (χ0v) is 12.1. The van der Waals surface area contributed by atoms with Crippen molar-refractivity contribution in [2.75, 3.05) is 7.11 Å². The van der Waals surface area contributed by atoms with Gasteiger partial charge in [0.2, 0.25) is 11.6 Å². The van der Waals surface area contributed by atoms with Gasteiger partial charge in [-0.25, -0.2) is 4.98 Å². The third-order valence-corrected chi connectivity index (χ3v) is 2.71. The molecule has 1 aromatic heterocycles. The van der Waals surface area contributed by atoms with Crippen LogP contribution in [0.15, 0.2) is 24.3 Å². The molecular formula is C13H12ClN3O4. The summed E-state index contributed by atoms with van der Waals surface area (Å²) in [6.45, 7) is 1.92. The molecule has 0 amide bonds. The fourth-order valence-corrected chi connectivity index (χ4v) is 1.85. The lowest BCUT2D eigenvalue weighted by molar-refractivity contribution is -0.385. The topological polar surface area (TPSA) is 87.4 Å². The molecule has 110 valence electrons. The van der Waals surface area contributed by atoms with Crippen molar-refractivity contribution in [3.8, 4) is 11.6 Å². The summed E-state index contributed by atoms with van der Waals surface area (Å²) in [5.41, 5.74) is 0.618. The molecule has 1 aromatic carbocycles. The van der Waals surface area contributed by atoms with Crippen LogP contribution in [-0.4, -0.2) is 22.0 Å². The first-order chi connectivity index (χ1) is 9.99. The van der Waals surface area contributed by atoms with E-state index in [1.807, 2.05) is 0 Å². The highest BCUT2D eigenvalue weighted by atomic mass is 35.5. The first-order valence-corrected chi connectivity index (χ1v) is 6.32. The van der Waals surface area contributed by atoms with Crippen LogP contribution in [0.25, 0.3) is 0 Å². The molecular weight excluding hydrogens is 298 g/mol. The lowest BCUT2D eigenvalue weighted by atomic mass is 10.2. The average Bonchev–Trinajstić information content (AvgIpc) is 2.40. The molecule has 0 saturated carbocycles. The maximum Gasteiger partial charge on any atom is 0.311 e. The number of nitro benzene ring substituents is 1. The lowest BCUT2D eigenvalue weighted by Gasteiger charge is -2.07. The van der Waals surface area contributed by atoms with Crippen LogP contribution >= 0.6 is 11.6 Å². The van der Waals surface area contributed by atoms with Crippen molar-refractivity contribution in [1.29, 1.82) is 0 Å². The zero-order valence-electron chi connectivity index (χ0n) is 11.4. The van der Waals surface area contributed by atoms with E-state index in [-0.39, 0.29) is 29.1 Å². The Morgan fingerprint density at radius 3 is 2.76 bits per heavy atom. The van der Waals surface area contributed by atoms with Gasteiger partial charge in [-0.3, -0.25) is 10.1 Å². The summed E-state index contributed by atoms with van der Waals surface area (Å²) in [4.78, 5) is 18.6. The predicted molar refractivity (Wildman–Crippen MR) is 75.7 cm³/mol. The van der Waals surface area contributed by atoms with Gasteiger partial charge in [-0.15, -0.1) is 0 Å². The molecule has 21 heavy (non-hydrogen) atoms. The summed E-state index contributed by atoms with van der Waals surface area (Å²) in [5, 5.41) is 11.2.